The lowest BCUT2D eigenvalue weighted by Crippen LogP contribution is -2.54. The second-order valence-corrected chi connectivity index (χ2v) is 15.2. The molecule has 0 spiro atoms. The minimum atomic E-state index is -1.05. The summed E-state index contributed by atoms with van der Waals surface area (Å²) in [6, 6.07) is 16.0. The lowest BCUT2D eigenvalue weighted by molar-refractivity contribution is -0.136. The molecular formula is C44H48N8O9. The molecule has 17 heteroatoms. The highest BCUT2D eigenvalue weighted by Gasteiger charge is 2.46. The maximum absolute atomic E-state index is 13.2. The van der Waals surface area contributed by atoms with E-state index in [0.29, 0.717) is 32.8 Å². The molecule has 2 aromatic carbocycles. The number of nitrogens with one attached hydrogen (secondary N) is 1. The molecule has 318 valence electrons. The maximum atomic E-state index is 13.2. The molecule has 8 rings (SSSR count). The van der Waals surface area contributed by atoms with Gasteiger partial charge in [-0.2, -0.15) is 0 Å². The molecule has 1 N–H and O–H groups in total. The summed E-state index contributed by atoms with van der Waals surface area (Å²) < 4.78 is 24.7. The smallest absolute Gasteiger partial charge is 0.266 e. The van der Waals surface area contributed by atoms with Crippen LogP contribution in [0.4, 0.5) is 5.69 Å². The van der Waals surface area contributed by atoms with Crippen molar-refractivity contribution in [3.63, 3.8) is 0 Å². The minimum Gasteiger partial charge on any atom is -0.493 e. The number of amides is 4. The number of piperazine rings is 1. The van der Waals surface area contributed by atoms with Crippen molar-refractivity contribution >= 4 is 40.7 Å². The fraction of sp³-hybridized carbons (Fsp3) is 0.409. The molecule has 0 aliphatic carbocycles. The van der Waals surface area contributed by atoms with Crippen molar-refractivity contribution < 1.29 is 42.6 Å². The van der Waals surface area contributed by atoms with Gasteiger partial charge in [-0.1, -0.05) is 18.2 Å². The van der Waals surface area contributed by atoms with Gasteiger partial charge in [-0.15, -0.1) is 10.2 Å². The summed E-state index contributed by atoms with van der Waals surface area (Å²) in [5.41, 5.74) is 4.17. The number of ketones is 1. The Bertz CT molecular complexity index is 2360. The number of benzene rings is 2. The van der Waals surface area contributed by atoms with E-state index in [-0.39, 0.29) is 54.9 Å². The van der Waals surface area contributed by atoms with Crippen molar-refractivity contribution in [2.24, 2.45) is 0 Å². The summed E-state index contributed by atoms with van der Waals surface area (Å²) in [5.74, 6) is -0.286. The molecule has 3 aliphatic heterocycles. The van der Waals surface area contributed by atoms with Crippen LogP contribution in [-0.4, -0.2) is 131 Å². The molecule has 0 radical (unpaired) electrons. The van der Waals surface area contributed by atoms with Gasteiger partial charge in [-0.05, 0) is 54.8 Å². The molecular weight excluding hydrogens is 785 g/mol. The first kappa shape index (κ1) is 41.4. The predicted molar refractivity (Wildman–Crippen MR) is 220 cm³/mol. The number of aryl methyl sites for hydroxylation is 2. The van der Waals surface area contributed by atoms with Crippen LogP contribution in [0.15, 0.2) is 77.8 Å². The molecule has 4 amide bonds. The summed E-state index contributed by atoms with van der Waals surface area (Å²) in [6.45, 7) is 6.46. The van der Waals surface area contributed by atoms with Crippen molar-refractivity contribution in [1.82, 2.24) is 34.7 Å². The number of rotatable bonds is 20. The first-order valence-electron chi connectivity index (χ1n) is 20.8. The van der Waals surface area contributed by atoms with E-state index >= 15 is 0 Å². The van der Waals surface area contributed by atoms with E-state index in [1.165, 1.54) is 11.8 Å². The standard InChI is InChI=1S/C44H48N8O9/c53-32(4-2-23-61-37-7-1-6-34-40(37)44(57)52(43(34)56)36-13-15-39(54)47-42(36)55)16-24-58-26-27-59-25-21-49-17-19-50(20-18-49)31-10-8-30(9-11-31)35-28-45-38(51-29-46-48-41(35)51)14-12-33-5-3-22-60-33/h1,3,5-11,22,28-29,36H,2,4,12-21,23-27H2,(H,47,54,55). The molecule has 3 aromatic heterocycles. The van der Waals surface area contributed by atoms with Crippen LogP contribution in [-0.2, 0) is 36.7 Å². The molecule has 6 heterocycles. The van der Waals surface area contributed by atoms with Gasteiger partial charge in [0, 0.05) is 82.3 Å². The van der Waals surface area contributed by atoms with Crippen LogP contribution in [0, 0.1) is 0 Å². The van der Waals surface area contributed by atoms with E-state index < -0.39 is 29.7 Å². The summed E-state index contributed by atoms with van der Waals surface area (Å²) in [5, 5.41) is 10.7. The lowest BCUT2D eigenvalue weighted by atomic mass is 10.0. The highest BCUT2D eigenvalue weighted by atomic mass is 16.5. The topological polar surface area (TPSA) is 191 Å². The zero-order chi connectivity index (χ0) is 42.1. The van der Waals surface area contributed by atoms with Gasteiger partial charge < -0.3 is 23.5 Å². The van der Waals surface area contributed by atoms with E-state index in [2.05, 4.69) is 49.6 Å². The van der Waals surface area contributed by atoms with Crippen LogP contribution < -0.4 is 15.0 Å². The van der Waals surface area contributed by atoms with E-state index in [1.54, 1.807) is 24.7 Å². The second kappa shape index (κ2) is 19.4. The summed E-state index contributed by atoms with van der Waals surface area (Å²) in [7, 11) is 0. The number of ether oxygens (including phenoxy) is 3. The molecule has 17 nitrogen and oxygen atoms in total. The van der Waals surface area contributed by atoms with E-state index in [1.807, 2.05) is 22.7 Å². The Kier molecular flexibility index (Phi) is 13.2. The molecule has 0 saturated carbocycles. The number of fused-ring (bicyclic) bond motifs is 2. The molecule has 2 fully saturated rings. The summed E-state index contributed by atoms with van der Waals surface area (Å²) >= 11 is 0. The lowest BCUT2D eigenvalue weighted by Gasteiger charge is -2.36. The highest BCUT2D eigenvalue weighted by Crippen LogP contribution is 2.34. The van der Waals surface area contributed by atoms with Crippen LogP contribution in [0.5, 0.6) is 5.75 Å². The number of imide groups is 2. The van der Waals surface area contributed by atoms with E-state index in [0.717, 1.165) is 78.8 Å². The quantitative estimate of drug-likeness (QED) is 0.0885. The predicted octanol–water partition coefficient (Wildman–Crippen LogP) is 3.54. The van der Waals surface area contributed by atoms with Crippen molar-refractivity contribution in [3.05, 3.63) is 96.1 Å². The largest absolute Gasteiger partial charge is 0.493 e. The molecule has 5 aromatic rings. The summed E-state index contributed by atoms with van der Waals surface area (Å²) in [4.78, 5) is 73.0. The van der Waals surface area contributed by atoms with Crippen molar-refractivity contribution in [2.75, 3.05) is 70.7 Å². The first-order valence-corrected chi connectivity index (χ1v) is 20.8. The third kappa shape index (κ3) is 9.69. The second-order valence-electron chi connectivity index (χ2n) is 15.2. The van der Waals surface area contributed by atoms with Gasteiger partial charge in [0.05, 0.1) is 50.4 Å². The fourth-order valence-electron chi connectivity index (χ4n) is 7.91. The number of carbonyl (C=O) groups is 5. The number of furan rings is 1. The average molecular weight is 833 g/mol. The van der Waals surface area contributed by atoms with Crippen molar-refractivity contribution in [1.29, 1.82) is 0 Å². The van der Waals surface area contributed by atoms with E-state index in [9.17, 15) is 24.0 Å². The van der Waals surface area contributed by atoms with E-state index in [4.69, 9.17) is 23.6 Å². The molecule has 1 atom stereocenters. The van der Waals surface area contributed by atoms with Gasteiger partial charge in [-0.25, -0.2) is 4.98 Å². The third-order valence-electron chi connectivity index (χ3n) is 11.2. The fourth-order valence-corrected chi connectivity index (χ4v) is 7.91. The van der Waals surface area contributed by atoms with Gasteiger partial charge in [0.1, 0.15) is 35.5 Å². The normalized spacial score (nSPS) is 17.0. The van der Waals surface area contributed by atoms with Crippen LogP contribution >= 0.6 is 0 Å². The number of Topliss-reactive ketones (excluding diaryl/α,β-unsaturated/α-hetero) is 1. The molecule has 1 unspecified atom stereocenters. The van der Waals surface area contributed by atoms with Gasteiger partial charge in [-0.3, -0.25) is 43.5 Å². The number of nitrogens with zero attached hydrogens (tertiary/aromatic N) is 7. The number of carbonyl (C=O) groups excluding carboxylic acids is 5. The molecule has 2 saturated heterocycles. The van der Waals surface area contributed by atoms with Crippen LogP contribution in [0.25, 0.3) is 16.8 Å². The first-order chi connectivity index (χ1) is 29.8. The van der Waals surface area contributed by atoms with Gasteiger partial charge in [0.25, 0.3) is 11.8 Å². The summed E-state index contributed by atoms with van der Waals surface area (Å²) in [6.07, 6.45) is 7.82. The molecule has 3 aliphatic rings. The Morgan fingerprint density at radius 2 is 1.66 bits per heavy atom. The Hall–Kier alpha value is -6.30. The maximum Gasteiger partial charge on any atom is 0.266 e. The third-order valence-corrected chi connectivity index (χ3v) is 11.2. The number of hydrogen-bond acceptors (Lipinski definition) is 14. The zero-order valence-electron chi connectivity index (χ0n) is 33.8. The molecule has 61 heavy (non-hydrogen) atoms. The highest BCUT2D eigenvalue weighted by molar-refractivity contribution is 6.24. The van der Waals surface area contributed by atoms with Crippen molar-refractivity contribution in [2.45, 2.75) is 51.0 Å². The number of aromatic nitrogens is 4. The number of hydrogen-bond donors (Lipinski definition) is 1. The minimum absolute atomic E-state index is 0.0294. The SMILES string of the molecule is O=C(CCCOc1cccc2c1C(=O)N(C1CCC(=O)NC1=O)C2=O)CCOCCOCCN1CCN(c2ccc(-c3cnc(CCc4ccco4)n4cnnc34)cc2)CC1. The van der Waals surface area contributed by atoms with Crippen LogP contribution in [0.1, 0.15) is 64.4 Å². The van der Waals surface area contributed by atoms with Gasteiger partial charge in [0.2, 0.25) is 11.8 Å². The number of piperidine rings is 1. The van der Waals surface area contributed by atoms with Crippen molar-refractivity contribution in [3.8, 4) is 16.9 Å². The van der Waals surface area contributed by atoms with Crippen LogP contribution in [0.2, 0.25) is 0 Å². The number of anilines is 1. The Morgan fingerprint density at radius 1 is 0.836 bits per heavy atom. The Morgan fingerprint density at radius 3 is 2.44 bits per heavy atom. The molecule has 0 bridgehead atoms. The Balaban J connectivity index is 0.672. The van der Waals surface area contributed by atoms with Gasteiger partial charge >= 0.3 is 0 Å². The van der Waals surface area contributed by atoms with Crippen LogP contribution in [0.3, 0.4) is 0 Å². The Labute approximate surface area is 351 Å². The average Bonchev–Trinajstić information content (AvgIpc) is 4.04. The zero-order valence-corrected chi connectivity index (χ0v) is 33.8. The van der Waals surface area contributed by atoms with Gasteiger partial charge in [0.15, 0.2) is 5.65 Å². The monoisotopic (exact) mass is 832 g/mol.